The summed E-state index contributed by atoms with van der Waals surface area (Å²) in [6.07, 6.45) is 6.26. The molecule has 22 heavy (non-hydrogen) atoms. The zero-order chi connectivity index (χ0) is 15.5. The minimum absolute atomic E-state index is 0.238. The third kappa shape index (κ3) is 3.35. The largest absolute Gasteiger partial charge is 0.340 e. The Balaban J connectivity index is 1.56. The average Bonchev–Trinajstić information content (AvgIpc) is 3.08. The van der Waals surface area contributed by atoms with E-state index in [4.69, 9.17) is 5.73 Å². The summed E-state index contributed by atoms with van der Waals surface area (Å²) in [7, 11) is 0. The zero-order valence-electron chi connectivity index (χ0n) is 13.6. The minimum atomic E-state index is 0.238. The number of nitrogens with two attached hydrogens (primary N) is 1. The molecule has 1 saturated heterocycles. The summed E-state index contributed by atoms with van der Waals surface area (Å²) in [6, 6.07) is 11.2. The van der Waals surface area contributed by atoms with E-state index in [9.17, 15) is 4.79 Å². The van der Waals surface area contributed by atoms with Gasteiger partial charge in [0, 0.05) is 25.0 Å². The highest BCUT2D eigenvalue weighted by Crippen LogP contribution is 2.31. The van der Waals surface area contributed by atoms with Gasteiger partial charge in [-0.3, -0.25) is 4.79 Å². The highest BCUT2D eigenvalue weighted by Gasteiger charge is 2.35. The van der Waals surface area contributed by atoms with Crippen LogP contribution in [0.4, 0.5) is 0 Å². The summed E-state index contributed by atoms with van der Waals surface area (Å²) < 4.78 is 0. The second kappa shape index (κ2) is 6.82. The van der Waals surface area contributed by atoms with E-state index in [1.165, 1.54) is 12.0 Å². The number of rotatable bonds is 4. The molecule has 0 radical (unpaired) electrons. The Kier molecular flexibility index (Phi) is 4.82. The van der Waals surface area contributed by atoms with Gasteiger partial charge in [-0.1, -0.05) is 36.8 Å². The molecule has 1 aliphatic carbocycles. The maximum absolute atomic E-state index is 12.6. The number of hydrogen-bond acceptors (Lipinski definition) is 2. The number of hydrogen-bond donors (Lipinski definition) is 1. The number of carbonyl (C=O) groups excluding carboxylic acids is 1. The molecule has 0 bridgehead atoms. The van der Waals surface area contributed by atoms with Crippen molar-refractivity contribution in [1.29, 1.82) is 0 Å². The van der Waals surface area contributed by atoms with Crippen molar-refractivity contribution in [2.45, 2.75) is 57.5 Å². The van der Waals surface area contributed by atoms with Crippen molar-refractivity contribution in [3.05, 3.63) is 35.9 Å². The van der Waals surface area contributed by atoms with Gasteiger partial charge in [0.15, 0.2) is 0 Å². The SMILES string of the molecule is CC1C(Cc2ccccc2)CCN1C(=O)C[C@@H]1CCC[C@H]1N. The summed E-state index contributed by atoms with van der Waals surface area (Å²) in [5, 5.41) is 0. The third-order valence-electron chi connectivity index (χ3n) is 5.73. The van der Waals surface area contributed by atoms with Gasteiger partial charge in [-0.15, -0.1) is 0 Å². The quantitative estimate of drug-likeness (QED) is 0.929. The standard InChI is InChI=1S/C19H28N2O/c1-14-16(12-15-6-3-2-4-7-15)10-11-21(14)19(22)13-17-8-5-9-18(17)20/h2-4,6-7,14,16-18H,5,8-13,20H2,1H3/t14?,16?,17-,18+/m0/s1. The summed E-state index contributed by atoms with van der Waals surface area (Å²) >= 11 is 0. The summed E-state index contributed by atoms with van der Waals surface area (Å²) in [5.41, 5.74) is 7.50. The maximum Gasteiger partial charge on any atom is 0.223 e. The van der Waals surface area contributed by atoms with E-state index in [0.717, 1.165) is 32.2 Å². The summed E-state index contributed by atoms with van der Waals surface area (Å²) in [4.78, 5) is 14.7. The van der Waals surface area contributed by atoms with Crippen LogP contribution in [0.2, 0.25) is 0 Å². The molecule has 2 unspecified atom stereocenters. The van der Waals surface area contributed by atoms with Gasteiger partial charge in [-0.25, -0.2) is 0 Å². The number of likely N-dealkylation sites (tertiary alicyclic amines) is 1. The van der Waals surface area contributed by atoms with Crippen molar-refractivity contribution in [2.24, 2.45) is 17.6 Å². The highest BCUT2D eigenvalue weighted by atomic mass is 16.2. The normalized spacial score (nSPS) is 31.6. The van der Waals surface area contributed by atoms with Gasteiger partial charge >= 0.3 is 0 Å². The average molecular weight is 300 g/mol. The second-order valence-corrected chi connectivity index (χ2v) is 7.13. The Hall–Kier alpha value is -1.35. The lowest BCUT2D eigenvalue weighted by atomic mass is 9.93. The molecule has 1 aromatic carbocycles. The molecule has 4 atom stereocenters. The molecule has 2 N–H and O–H groups in total. The van der Waals surface area contributed by atoms with Crippen LogP contribution >= 0.6 is 0 Å². The van der Waals surface area contributed by atoms with Crippen LogP contribution in [-0.4, -0.2) is 29.4 Å². The second-order valence-electron chi connectivity index (χ2n) is 7.13. The Morgan fingerprint density at radius 3 is 2.64 bits per heavy atom. The first-order valence-electron chi connectivity index (χ1n) is 8.74. The Bertz CT molecular complexity index is 501. The maximum atomic E-state index is 12.6. The van der Waals surface area contributed by atoms with E-state index < -0.39 is 0 Å². The molecule has 2 aliphatic rings. The molecular weight excluding hydrogens is 272 g/mol. The van der Waals surface area contributed by atoms with Crippen LogP contribution in [-0.2, 0) is 11.2 Å². The van der Waals surface area contributed by atoms with Crippen LogP contribution in [0.3, 0.4) is 0 Å². The van der Waals surface area contributed by atoms with E-state index in [1.807, 2.05) is 0 Å². The molecule has 0 aromatic heterocycles. The Labute approximate surface area is 133 Å². The van der Waals surface area contributed by atoms with Crippen LogP contribution in [0, 0.1) is 11.8 Å². The van der Waals surface area contributed by atoms with Crippen LogP contribution in [0.25, 0.3) is 0 Å². The fraction of sp³-hybridized carbons (Fsp3) is 0.632. The summed E-state index contributed by atoms with van der Waals surface area (Å²) in [6.45, 7) is 3.13. The summed E-state index contributed by atoms with van der Waals surface area (Å²) in [5.74, 6) is 1.32. The van der Waals surface area contributed by atoms with Crippen molar-refractivity contribution in [2.75, 3.05) is 6.54 Å². The van der Waals surface area contributed by atoms with E-state index in [0.29, 0.717) is 30.2 Å². The lowest BCUT2D eigenvalue weighted by molar-refractivity contribution is -0.133. The molecular formula is C19H28N2O. The van der Waals surface area contributed by atoms with Crippen LogP contribution in [0.15, 0.2) is 30.3 Å². The van der Waals surface area contributed by atoms with Crippen LogP contribution < -0.4 is 5.73 Å². The van der Waals surface area contributed by atoms with E-state index in [1.54, 1.807) is 0 Å². The fourth-order valence-electron chi connectivity index (χ4n) is 4.21. The molecule has 2 fully saturated rings. The highest BCUT2D eigenvalue weighted by molar-refractivity contribution is 5.77. The molecule has 0 spiro atoms. The van der Waals surface area contributed by atoms with Gasteiger partial charge in [0.1, 0.15) is 0 Å². The van der Waals surface area contributed by atoms with Gasteiger partial charge < -0.3 is 10.6 Å². The van der Waals surface area contributed by atoms with Crippen molar-refractivity contribution >= 4 is 5.91 Å². The van der Waals surface area contributed by atoms with Gasteiger partial charge in [0.2, 0.25) is 5.91 Å². The Morgan fingerprint density at radius 2 is 1.95 bits per heavy atom. The molecule has 3 rings (SSSR count). The minimum Gasteiger partial charge on any atom is -0.340 e. The van der Waals surface area contributed by atoms with E-state index in [-0.39, 0.29) is 6.04 Å². The smallest absolute Gasteiger partial charge is 0.223 e. The predicted molar refractivity (Wildman–Crippen MR) is 89.4 cm³/mol. The topological polar surface area (TPSA) is 46.3 Å². The number of carbonyl (C=O) groups is 1. The first-order chi connectivity index (χ1) is 10.6. The third-order valence-corrected chi connectivity index (χ3v) is 5.73. The first kappa shape index (κ1) is 15.5. The molecule has 1 amide bonds. The van der Waals surface area contributed by atoms with Crippen LogP contribution in [0.5, 0.6) is 0 Å². The molecule has 120 valence electrons. The van der Waals surface area contributed by atoms with E-state index in [2.05, 4.69) is 42.2 Å². The molecule has 1 aromatic rings. The van der Waals surface area contributed by atoms with Gasteiger partial charge in [-0.2, -0.15) is 0 Å². The fourth-order valence-corrected chi connectivity index (χ4v) is 4.21. The van der Waals surface area contributed by atoms with Crippen molar-refractivity contribution in [1.82, 2.24) is 4.90 Å². The lowest BCUT2D eigenvalue weighted by Gasteiger charge is -2.27. The molecule has 3 nitrogen and oxygen atoms in total. The number of amides is 1. The van der Waals surface area contributed by atoms with Crippen molar-refractivity contribution < 1.29 is 4.79 Å². The van der Waals surface area contributed by atoms with Gasteiger partial charge in [-0.05, 0) is 50.0 Å². The lowest BCUT2D eigenvalue weighted by Crippen LogP contribution is -2.38. The molecule has 1 heterocycles. The molecule has 1 saturated carbocycles. The number of nitrogens with zero attached hydrogens (tertiary/aromatic N) is 1. The Morgan fingerprint density at radius 1 is 1.18 bits per heavy atom. The van der Waals surface area contributed by atoms with Crippen molar-refractivity contribution in [3.63, 3.8) is 0 Å². The first-order valence-corrected chi connectivity index (χ1v) is 8.74. The molecule has 3 heteroatoms. The van der Waals surface area contributed by atoms with Crippen LogP contribution in [0.1, 0.15) is 44.6 Å². The monoisotopic (exact) mass is 300 g/mol. The zero-order valence-corrected chi connectivity index (χ0v) is 13.6. The van der Waals surface area contributed by atoms with E-state index >= 15 is 0 Å². The van der Waals surface area contributed by atoms with Gasteiger partial charge in [0.25, 0.3) is 0 Å². The molecule has 1 aliphatic heterocycles. The van der Waals surface area contributed by atoms with Crippen molar-refractivity contribution in [3.8, 4) is 0 Å². The number of benzene rings is 1. The predicted octanol–water partition coefficient (Wildman–Crippen LogP) is 2.98. The van der Waals surface area contributed by atoms with Gasteiger partial charge in [0.05, 0.1) is 0 Å².